The standard InChI is InChI=1S/C20H28N2O2S/c1-25-15-9-18(23)22-14-11-20(16-22)10-5-12-21(19(20)24)13-8-17-6-3-2-4-7-17/h2-4,6-7H,5,8-16H2,1H3. The molecule has 1 atom stereocenters. The molecule has 0 saturated carbocycles. The van der Waals surface area contributed by atoms with Gasteiger partial charge in [-0.2, -0.15) is 11.8 Å². The summed E-state index contributed by atoms with van der Waals surface area (Å²) in [4.78, 5) is 29.4. The van der Waals surface area contributed by atoms with Crippen LogP contribution in [0.5, 0.6) is 0 Å². The molecule has 25 heavy (non-hydrogen) atoms. The van der Waals surface area contributed by atoms with Gasteiger partial charge < -0.3 is 9.80 Å². The molecule has 5 heteroatoms. The summed E-state index contributed by atoms with van der Waals surface area (Å²) in [6, 6.07) is 10.3. The number of amides is 2. The normalized spacial score (nSPS) is 23.5. The van der Waals surface area contributed by atoms with E-state index >= 15 is 0 Å². The first-order chi connectivity index (χ1) is 12.1. The summed E-state index contributed by atoms with van der Waals surface area (Å²) in [7, 11) is 0. The lowest BCUT2D eigenvalue weighted by Gasteiger charge is -2.39. The Morgan fingerprint density at radius 3 is 2.76 bits per heavy atom. The van der Waals surface area contributed by atoms with Gasteiger partial charge in [0, 0.05) is 38.4 Å². The van der Waals surface area contributed by atoms with Crippen LogP contribution in [-0.2, 0) is 16.0 Å². The molecule has 1 aromatic rings. The minimum Gasteiger partial charge on any atom is -0.342 e. The van der Waals surface area contributed by atoms with E-state index in [-0.39, 0.29) is 17.2 Å². The van der Waals surface area contributed by atoms with Crippen LogP contribution in [0.25, 0.3) is 0 Å². The maximum atomic E-state index is 13.1. The molecular weight excluding hydrogens is 332 g/mol. The fraction of sp³-hybridized carbons (Fsp3) is 0.600. The molecule has 2 fully saturated rings. The molecule has 2 amide bonds. The molecule has 1 spiro atoms. The van der Waals surface area contributed by atoms with Gasteiger partial charge in [0.2, 0.25) is 11.8 Å². The second-order valence-corrected chi connectivity index (χ2v) is 8.21. The third-order valence-electron chi connectivity index (χ3n) is 5.56. The number of nitrogens with zero attached hydrogens (tertiary/aromatic N) is 2. The molecule has 2 heterocycles. The highest BCUT2D eigenvalue weighted by molar-refractivity contribution is 7.98. The molecule has 2 aliphatic heterocycles. The Labute approximate surface area is 154 Å². The smallest absolute Gasteiger partial charge is 0.230 e. The molecule has 136 valence electrons. The highest BCUT2D eigenvalue weighted by atomic mass is 32.2. The van der Waals surface area contributed by atoms with Crippen LogP contribution in [0.2, 0.25) is 0 Å². The Balaban J connectivity index is 1.59. The Morgan fingerprint density at radius 1 is 1.20 bits per heavy atom. The van der Waals surface area contributed by atoms with E-state index in [2.05, 4.69) is 12.1 Å². The molecule has 4 nitrogen and oxygen atoms in total. The highest BCUT2D eigenvalue weighted by Crippen LogP contribution is 2.40. The van der Waals surface area contributed by atoms with Crippen LogP contribution in [-0.4, -0.2) is 59.8 Å². The van der Waals surface area contributed by atoms with Gasteiger partial charge in [0.25, 0.3) is 0 Å². The van der Waals surface area contributed by atoms with E-state index in [1.807, 2.05) is 34.3 Å². The van der Waals surface area contributed by atoms with Crippen molar-refractivity contribution in [1.29, 1.82) is 0 Å². The van der Waals surface area contributed by atoms with E-state index in [1.54, 1.807) is 11.8 Å². The molecule has 0 aliphatic carbocycles. The van der Waals surface area contributed by atoms with Crippen molar-refractivity contribution in [2.24, 2.45) is 5.41 Å². The van der Waals surface area contributed by atoms with Crippen molar-refractivity contribution in [1.82, 2.24) is 9.80 Å². The molecule has 0 bridgehead atoms. The van der Waals surface area contributed by atoms with E-state index in [0.717, 1.165) is 51.1 Å². The minimum absolute atomic E-state index is 0.209. The molecule has 0 aromatic heterocycles. The second-order valence-electron chi connectivity index (χ2n) is 7.22. The van der Waals surface area contributed by atoms with Crippen LogP contribution in [0, 0.1) is 5.41 Å². The van der Waals surface area contributed by atoms with Crippen molar-refractivity contribution < 1.29 is 9.59 Å². The molecule has 1 aromatic carbocycles. The van der Waals surface area contributed by atoms with Gasteiger partial charge in [0.05, 0.1) is 5.41 Å². The lowest BCUT2D eigenvalue weighted by Crippen LogP contribution is -2.50. The van der Waals surface area contributed by atoms with E-state index in [4.69, 9.17) is 0 Å². The van der Waals surface area contributed by atoms with E-state index < -0.39 is 0 Å². The Bertz CT molecular complexity index is 607. The first kappa shape index (κ1) is 18.3. The molecule has 2 saturated heterocycles. The molecule has 1 unspecified atom stereocenters. The molecule has 0 radical (unpaired) electrons. The van der Waals surface area contributed by atoms with Gasteiger partial charge in [-0.25, -0.2) is 0 Å². The molecule has 3 rings (SSSR count). The maximum absolute atomic E-state index is 13.1. The van der Waals surface area contributed by atoms with Crippen molar-refractivity contribution in [2.75, 3.05) is 38.2 Å². The van der Waals surface area contributed by atoms with E-state index in [9.17, 15) is 9.59 Å². The van der Waals surface area contributed by atoms with Gasteiger partial charge >= 0.3 is 0 Å². The Kier molecular flexibility index (Phi) is 6.05. The fourth-order valence-electron chi connectivity index (χ4n) is 4.09. The number of hydrogen-bond acceptors (Lipinski definition) is 3. The SMILES string of the molecule is CSCCC(=O)N1CCC2(CCCN(CCc3ccccc3)C2=O)C1. The van der Waals surface area contributed by atoms with Crippen LogP contribution in [0.1, 0.15) is 31.2 Å². The molecule has 0 N–H and O–H groups in total. The highest BCUT2D eigenvalue weighted by Gasteiger charge is 2.49. The average Bonchev–Trinajstić information content (AvgIpc) is 3.07. The van der Waals surface area contributed by atoms with Crippen molar-refractivity contribution in [3.8, 4) is 0 Å². The predicted molar refractivity (Wildman–Crippen MR) is 103 cm³/mol. The topological polar surface area (TPSA) is 40.6 Å². The first-order valence-electron chi connectivity index (χ1n) is 9.25. The van der Waals surface area contributed by atoms with Crippen molar-refractivity contribution in [3.05, 3.63) is 35.9 Å². The van der Waals surface area contributed by atoms with Crippen LogP contribution >= 0.6 is 11.8 Å². The largest absolute Gasteiger partial charge is 0.342 e. The zero-order valence-electron chi connectivity index (χ0n) is 15.1. The van der Waals surface area contributed by atoms with Crippen molar-refractivity contribution in [3.63, 3.8) is 0 Å². The van der Waals surface area contributed by atoms with E-state index in [0.29, 0.717) is 13.0 Å². The number of carbonyl (C=O) groups is 2. The molecule has 2 aliphatic rings. The van der Waals surface area contributed by atoms with Crippen LogP contribution in [0.3, 0.4) is 0 Å². The number of likely N-dealkylation sites (tertiary alicyclic amines) is 2. The third kappa shape index (κ3) is 4.20. The lowest BCUT2D eigenvalue weighted by molar-refractivity contribution is -0.146. The van der Waals surface area contributed by atoms with Crippen LogP contribution < -0.4 is 0 Å². The van der Waals surface area contributed by atoms with Crippen LogP contribution in [0.4, 0.5) is 0 Å². The van der Waals surface area contributed by atoms with Crippen molar-refractivity contribution in [2.45, 2.75) is 32.1 Å². The number of thioether (sulfide) groups is 1. The summed E-state index contributed by atoms with van der Waals surface area (Å²) in [5.41, 5.74) is 0.958. The first-order valence-corrected chi connectivity index (χ1v) is 10.6. The zero-order chi connectivity index (χ0) is 17.7. The average molecular weight is 361 g/mol. The van der Waals surface area contributed by atoms with E-state index in [1.165, 1.54) is 5.56 Å². The summed E-state index contributed by atoms with van der Waals surface area (Å²) in [6.45, 7) is 3.01. The summed E-state index contributed by atoms with van der Waals surface area (Å²) >= 11 is 1.70. The van der Waals surface area contributed by atoms with Crippen LogP contribution in [0.15, 0.2) is 30.3 Å². The zero-order valence-corrected chi connectivity index (χ0v) is 15.9. The second kappa shape index (κ2) is 8.26. The monoisotopic (exact) mass is 360 g/mol. The van der Waals surface area contributed by atoms with Gasteiger partial charge in [-0.05, 0) is 37.5 Å². The van der Waals surface area contributed by atoms with Gasteiger partial charge in [0.15, 0.2) is 0 Å². The molecular formula is C20H28N2O2S. The third-order valence-corrected chi connectivity index (χ3v) is 6.18. The summed E-state index contributed by atoms with van der Waals surface area (Å²) < 4.78 is 0. The number of hydrogen-bond donors (Lipinski definition) is 0. The predicted octanol–water partition coefficient (Wildman–Crippen LogP) is 2.82. The van der Waals surface area contributed by atoms with Gasteiger partial charge in [-0.15, -0.1) is 0 Å². The Hall–Kier alpha value is -1.49. The van der Waals surface area contributed by atoms with Gasteiger partial charge in [-0.3, -0.25) is 9.59 Å². The summed E-state index contributed by atoms with van der Waals surface area (Å²) in [5, 5.41) is 0. The summed E-state index contributed by atoms with van der Waals surface area (Å²) in [5.74, 6) is 1.34. The number of carbonyl (C=O) groups excluding carboxylic acids is 2. The quantitative estimate of drug-likeness (QED) is 0.783. The van der Waals surface area contributed by atoms with Gasteiger partial charge in [-0.1, -0.05) is 30.3 Å². The number of rotatable bonds is 6. The lowest BCUT2D eigenvalue weighted by atomic mass is 9.78. The number of piperidine rings is 1. The van der Waals surface area contributed by atoms with Crippen molar-refractivity contribution >= 4 is 23.6 Å². The number of benzene rings is 1. The summed E-state index contributed by atoms with van der Waals surface area (Å²) in [6.07, 6.45) is 6.32. The Morgan fingerprint density at radius 2 is 2.00 bits per heavy atom. The van der Waals surface area contributed by atoms with Gasteiger partial charge in [0.1, 0.15) is 0 Å². The maximum Gasteiger partial charge on any atom is 0.230 e. The fourth-order valence-corrected chi connectivity index (χ4v) is 4.46. The minimum atomic E-state index is -0.316.